The average molecular weight is 423 g/mol. The Morgan fingerprint density at radius 1 is 1.03 bits per heavy atom. The van der Waals surface area contributed by atoms with Gasteiger partial charge in [-0.3, -0.25) is 14.5 Å². The van der Waals surface area contributed by atoms with Crippen LogP contribution in [0.3, 0.4) is 0 Å². The lowest BCUT2D eigenvalue weighted by atomic mass is 9.69. The fourth-order valence-electron chi connectivity index (χ4n) is 4.70. The van der Waals surface area contributed by atoms with E-state index >= 15 is 0 Å². The molecule has 6 heteroatoms. The molecule has 1 heterocycles. The summed E-state index contributed by atoms with van der Waals surface area (Å²) in [4.78, 5) is 28.2. The van der Waals surface area contributed by atoms with Gasteiger partial charge in [-0.25, -0.2) is 4.39 Å². The molecule has 0 spiro atoms. The number of nitrogens with zero attached hydrogens (tertiary/aromatic N) is 1. The van der Waals surface area contributed by atoms with Crippen molar-refractivity contribution in [3.8, 4) is 11.5 Å². The molecular weight excluding hydrogens is 397 g/mol. The highest BCUT2D eigenvalue weighted by atomic mass is 19.1. The highest BCUT2D eigenvalue weighted by Crippen LogP contribution is 2.50. The topological polar surface area (TPSA) is 55.8 Å². The highest BCUT2D eigenvalue weighted by Gasteiger charge is 2.45. The first-order valence-electron chi connectivity index (χ1n) is 10.3. The van der Waals surface area contributed by atoms with Gasteiger partial charge in [-0.1, -0.05) is 32.0 Å². The van der Waals surface area contributed by atoms with Gasteiger partial charge >= 0.3 is 0 Å². The standard InChI is InChI=1S/C25H26FNO4/c1-25(2)13-20-24(21(28)14-25)17(16-10-9-15(30-3)11-22(16)31-4)12-23(29)27(20)19-8-6-5-7-18(19)26/h5-11,17H,12-14H2,1-4H3. The number of rotatable bonds is 4. The third kappa shape index (κ3) is 3.71. The van der Waals surface area contributed by atoms with Gasteiger partial charge in [0, 0.05) is 41.7 Å². The first-order valence-corrected chi connectivity index (χ1v) is 10.3. The summed E-state index contributed by atoms with van der Waals surface area (Å²) in [5, 5.41) is 0. The Balaban J connectivity index is 1.93. The number of benzene rings is 2. The number of hydrogen-bond donors (Lipinski definition) is 0. The molecule has 0 N–H and O–H groups in total. The van der Waals surface area contributed by atoms with E-state index in [0.29, 0.717) is 35.6 Å². The number of para-hydroxylation sites is 1. The molecule has 162 valence electrons. The minimum Gasteiger partial charge on any atom is -0.497 e. The van der Waals surface area contributed by atoms with E-state index in [1.807, 2.05) is 19.9 Å². The summed E-state index contributed by atoms with van der Waals surface area (Å²) in [6, 6.07) is 11.6. The van der Waals surface area contributed by atoms with E-state index in [0.717, 1.165) is 5.56 Å². The van der Waals surface area contributed by atoms with Crippen LogP contribution in [0.5, 0.6) is 11.5 Å². The fraction of sp³-hybridized carbons (Fsp3) is 0.360. The third-order valence-corrected chi connectivity index (χ3v) is 6.05. The van der Waals surface area contributed by atoms with Gasteiger partial charge in [0.2, 0.25) is 5.91 Å². The van der Waals surface area contributed by atoms with Gasteiger partial charge in [-0.05, 0) is 30.0 Å². The molecule has 1 amide bonds. The van der Waals surface area contributed by atoms with Crippen LogP contribution < -0.4 is 14.4 Å². The second-order valence-corrected chi connectivity index (χ2v) is 8.85. The molecule has 2 aromatic rings. The second-order valence-electron chi connectivity index (χ2n) is 8.85. The fourth-order valence-corrected chi connectivity index (χ4v) is 4.70. The van der Waals surface area contributed by atoms with Crippen LogP contribution in [-0.4, -0.2) is 25.9 Å². The van der Waals surface area contributed by atoms with Crippen LogP contribution in [0.25, 0.3) is 0 Å². The Hall–Kier alpha value is -3.15. The van der Waals surface area contributed by atoms with Gasteiger partial charge in [-0.15, -0.1) is 0 Å². The van der Waals surface area contributed by atoms with Crippen LogP contribution in [0.4, 0.5) is 10.1 Å². The van der Waals surface area contributed by atoms with Crippen molar-refractivity contribution in [3.05, 3.63) is 65.1 Å². The Bertz CT molecular complexity index is 1090. The molecule has 1 aliphatic carbocycles. The van der Waals surface area contributed by atoms with Crippen molar-refractivity contribution in [1.82, 2.24) is 0 Å². The SMILES string of the molecule is COc1ccc(C2CC(=O)N(c3ccccc3F)C3=C2C(=O)CC(C)(C)C3)c(OC)c1. The van der Waals surface area contributed by atoms with Gasteiger partial charge in [0.1, 0.15) is 17.3 Å². The average Bonchev–Trinajstić information content (AvgIpc) is 2.72. The zero-order chi connectivity index (χ0) is 22.3. The second kappa shape index (κ2) is 7.84. The number of ether oxygens (including phenoxy) is 2. The van der Waals surface area contributed by atoms with E-state index in [1.165, 1.54) is 11.0 Å². The van der Waals surface area contributed by atoms with Crippen LogP contribution in [0, 0.1) is 11.2 Å². The van der Waals surface area contributed by atoms with Crippen molar-refractivity contribution in [2.24, 2.45) is 5.41 Å². The summed E-state index contributed by atoms with van der Waals surface area (Å²) < 4.78 is 25.5. The van der Waals surface area contributed by atoms with E-state index < -0.39 is 11.7 Å². The van der Waals surface area contributed by atoms with Crippen molar-refractivity contribution in [2.45, 2.75) is 39.0 Å². The monoisotopic (exact) mass is 423 g/mol. The minimum atomic E-state index is -0.487. The molecule has 0 aromatic heterocycles. The number of hydrogen-bond acceptors (Lipinski definition) is 4. The van der Waals surface area contributed by atoms with Gasteiger partial charge in [-0.2, -0.15) is 0 Å². The van der Waals surface area contributed by atoms with Crippen molar-refractivity contribution in [2.75, 3.05) is 19.1 Å². The zero-order valence-electron chi connectivity index (χ0n) is 18.2. The number of carbonyl (C=O) groups excluding carboxylic acids is 2. The Kier molecular flexibility index (Phi) is 5.33. The molecule has 0 saturated carbocycles. The Labute approximate surface area is 181 Å². The molecule has 1 aliphatic heterocycles. The molecular formula is C25H26FNO4. The normalized spacial score (nSPS) is 20.5. The summed E-state index contributed by atoms with van der Waals surface area (Å²) in [5.74, 6) is -0.00355. The quantitative estimate of drug-likeness (QED) is 0.694. The summed E-state index contributed by atoms with van der Waals surface area (Å²) in [6.07, 6.45) is 0.936. The molecule has 1 unspecified atom stereocenters. The first-order chi connectivity index (χ1) is 14.8. The molecule has 0 radical (unpaired) electrons. The van der Waals surface area contributed by atoms with E-state index in [4.69, 9.17) is 9.47 Å². The first kappa shape index (κ1) is 21.1. The van der Waals surface area contributed by atoms with Gasteiger partial charge in [0.25, 0.3) is 0 Å². The largest absolute Gasteiger partial charge is 0.497 e. The number of Topliss-reactive ketones (excluding diaryl/α,β-unsaturated/α-hetero) is 1. The predicted octanol–water partition coefficient (Wildman–Crippen LogP) is 5.01. The lowest BCUT2D eigenvalue weighted by molar-refractivity contribution is -0.121. The number of amides is 1. The molecule has 0 saturated heterocycles. The maximum atomic E-state index is 14.7. The highest BCUT2D eigenvalue weighted by molar-refractivity contribution is 6.08. The number of halogens is 1. The van der Waals surface area contributed by atoms with Crippen molar-refractivity contribution in [1.29, 1.82) is 0 Å². The summed E-state index contributed by atoms with van der Waals surface area (Å²) in [5.41, 5.74) is 1.78. The number of methoxy groups -OCH3 is 2. The van der Waals surface area contributed by atoms with Crippen LogP contribution in [0.2, 0.25) is 0 Å². The number of allylic oxidation sites excluding steroid dienone is 2. The maximum Gasteiger partial charge on any atom is 0.232 e. The summed E-state index contributed by atoms with van der Waals surface area (Å²) >= 11 is 0. The van der Waals surface area contributed by atoms with Gasteiger partial charge in [0.05, 0.1) is 19.9 Å². The summed E-state index contributed by atoms with van der Waals surface area (Å²) in [7, 11) is 3.12. The van der Waals surface area contributed by atoms with Gasteiger partial charge < -0.3 is 9.47 Å². The lowest BCUT2D eigenvalue weighted by Gasteiger charge is -2.43. The molecule has 5 nitrogen and oxygen atoms in total. The molecule has 2 aliphatic rings. The van der Waals surface area contributed by atoms with E-state index in [9.17, 15) is 14.0 Å². The van der Waals surface area contributed by atoms with Gasteiger partial charge in [0.15, 0.2) is 5.78 Å². The minimum absolute atomic E-state index is 0.0111. The smallest absolute Gasteiger partial charge is 0.232 e. The number of carbonyl (C=O) groups is 2. The van der Waals surface area contributed by atoms with E-state index in [-0.39, 0.29) is 29.2 Å². The number of ketones is 1. The molecule has 0 bridgehead atoms. The van der Waals surface area contributed by atoms with Crippen molar-refractivity contribution in [3.63, 3.8) is 0 Å². The molecule has 31 heavy (non-hydrogen) atoms. The maximum absolute atomic E-state index is 14.7. The molecule has 0 fully saturated rings. The molecule has 4 rings (SSSR count). The summed E-state index contributed by atoms with van der Waals surface area (Å²) in [6.45, 7) is 3.99. The molecule has 2 aromatic carbocycles. The van der Waals surface area contributed by atoms with Crippen molar-refractivity contribution < 1.29 is 23.5 Å². The van der Waals surface area contributed by atoms with Crippen molar-refractivity contribution >= 4 is 17.4 Å². The van der Waals surface area contributed by atoms with E-state index in [2.05, 4.69) is 0 Å². The molecule has 1 atom stereocenters. The van der Waals surface area contributed by atoms with Crippen LogP contribution >= 0.6 is 0 Å². The van der Waals surface area contributed by atoms with Crippen LogP contribution in [-0.2, 0) is 9.59 Å². The van der Waals surface area contributed by atoms with Crippen LogP contribution in [0.1, 0.15) is 44.6 Å². The van der Waals surface area contributed by atoms with E-state index in [1.54, 1.807) is 44.6 Å². The number of anilines is 1. The zero-order valence-corrected chi connectivity index (χ0v) is 18.2. The van der Waals surface area contributed by atoms with Crippen LogP contribution in [0.15, 0.2) is 53.7 Å². The Morgan fingerprint density at radius 2 is 1.77 bits per heavy atom. The predicted molar refractivity (Wildman–Crippen MR) is 116 cm³/mol. The third-order valence-electron chi connectivity index (χ3n) is 6.05. The lowest BCUT2D eigenvalue weighted by Crippen LogP contribution is -2.44. The Morgan fingerprint density at radius 3 is 2.45 bits per heavy atom.